The summed E-state index contributed by atoms with van der Waals surface area (Å²) in [5, 5.41) is 15.6. The number of anilines is 2. The summed E-state index contributed by atoms with van der Waals surface area (Å²) in [5.74, 6) is -1.49. The van der Waals surface area contributed by atoms with Crippen molar-refractivity contribution in [3.63, 3.8) is 0 Å². The van der Waals surface area contributed by atoms with Crippen molar-refractivity contribution in [1.82, 2.24) is 0 Å². The second-order valence-electron chi connectivity index (χ2n) is 4.36. The van der Waals surface area contributed by atoms with Crippen molar-refractivity contribution < 1.29 is 9.59 Å². The molecule has 0 bridgehead atoms. The molecule has 2 amide bonds. The molecule has 0 heterocycles. The number of carbonyl (C=O) groups is 2. The Balaban J connectivity index is 1.96. The van der Waals surface area contributed by atoms with Crippen molar-refractivity contribution in [2.45, 2.75) is 9.79 Å². The van der Waals surface area contributed by atoms with Gasteiger partial charge in [0.25, 0.3) is 0 Å². The van der Waals surface area contributed by atoms with Crippen LogP contribution in [0.4, 0.5) is 11.4 Å². The van der Waals surface area contributed by atoms with Crippen LogP contribution in [0.3, 0.4) is 0 Å². The van der Waals surface area contributed by atoms with E-state index in [2.05, 4.69) is 10.6 Å². The maximum Gasteiger partial charge on any atom is 0.314 e. The second-order valence-corrected chi connectivity index (χ2v) is 6.10. The lowest BCUT2D eigenvalue weighted by molar-refractivity contribution is -0.133. The summed E-state index contributed by atoms with van der Waals surface area (Å²) < 4.78 is 0. The van der Waals surface area contributed by atoms with E-state index in [1.165, 1.54) is 0 Å². The van der Waals surface area contributed by atoms with Gasteiger partial charge in [-0.3, -0.25) is 9.59 Å². The Labute approximate surface area is 142 Å². The monoisotopic (exact) mass is 343 g/mol. The maximum atomic E-state index is 11.9. The zero-order chi connectivity index (χ0) is 16.7. The van der Waals surface area contributed by atoms with Crippen molar-refractivity contribution in [3.05, 3.63) is 48.5 Å². The van der Waals surface area contributed by atoms with Crippen LogP contribution < -0.4 is 10.6 Å². The Morgan fingerprint density at radius 2 is 1.61 bits per heavy atom. The first-order valence-electron chi connectivity index (χ1n) is 6.55. The number of hydrogen-bond donors (Lipinski definition) is 2. The van der Waals surface area contributed by atoms with Gasteiger partial charge in [0, 0.05) is 21.2 Å². The minimum Gasteiger partial charge on any atom is -0.318 e. The van der Waals surface area contributed by atoms with Crippen LogP contribution in [0.5, 0.6) is 0 Å². The van der Waals surface area contributed by atoms with Gasteiger partial charge in [-0.25, -0.2) is 0 Å². The van der Waals surface area contributed by atoms with E-state index < -0.39 is 11.8 Å². The summed E-state index contributed by atoms with van der Waals surface area (Å²) in [6.07, 6.45) is 1.93. The van der Waals surface area contributed by atoms with Crippen LogP contribution in [0.25, 0.3) is 0 Å². The largest absolute Gasteiger partial charge is 0.318 e. The first kappa shape index (κ1) is 16.9. The van der Waals surface area contributed by atoms with Gasteiger partial charge >= 0.3 is 11.8 Å². The highest BCUT2D eigenvalue weighted by Crippen LogP contribution is 2.20. The van der Waals surface area contributed by atoms with Crippen LogP contribution in [-0.2, 0) is 9.59 Å². The number of benzene rings is 2. The fraction of sp³-hybridized carbons (Fsp3) is 0.0625. The predicted molar refractivity (Wildman–Crippen MR) is 93.4 cm³/mol. The molecule has 2 aromatic carbocycles. The summed E-state index contributed by atoms with van der Waals surface area (Å²) in [6, 6.07) is 13.9. The normalized spacial score (nSPS) is 9.74. The molecule has 5 nitrogen and oxygen atoms in total. The molecule has 116 valence electrons. The third kappa shape index (κ3) is 5.06. The minimum absolute atomic E-state index is 0.491. The molecule has 2 rings (SSSR count). The van der Waals surface area contributed by atoms with Crippen molar-refractivity contribution in [3.8, 4) is 5.40 Å². The molecule has 0 saturated carbocycles. The highest BCUT2D eigenvalue weighted by Gasteiger charge is 2.14. The van der Waals surface area contributed by atoms with Gasteiger partial charge in [0.1, 0.15) is 5.40 Å². The molecule has 2 aromatic rings. The zero-order valence-electron chi connectivity index (χ0n) is 12.2. The minimum atomic E-state index is -0.750. The van der Waals surface area contributed by atoms with Crippen LogP contribution in [0.2, 0.25) is 0 Å². The van der Waals surface area contributed by atoms with Gasteiger partial charge < -0.3 is 10.6 Å². The molecule has 0 atom stereocenters. The van der Waals surface area contributed by atoms with Gasteiger partial charge in [0.15, 0.2) is 0 Å². The summed E-state index contributed by atoms with van der Waals surface area (Å²) in [5.41, 5.74) is 1.06. The van der Waals surface area contributed by atoms with Crippen molar-refractivity contribution >= 4 is 46.7 Å². The van der Waals surface area contributed by atoms with Crippen molar-refractivity contribution in [2.24, 2.45) is 0 Å². The molecule has 23 heavy (non-hydrogen) atoms. The summed E-state index contributed by atoms with van der Waals surface area (Å²) in [6.45, 7) is 0. The number of rotatable bonds is 4. The third-order valence-corrected chi connectivity index (χ3v) is 4.13. The Hall–Kier alpha value is -2.43. The number of nitrogens with one attached hydrogen (secondary N) is 2. The Bertz CT molecular complexity index is 755. The Morgan fingerprint density at radius 1 is 0.957 bits per heavy atom. The number of thiocyanates is 1. The standard InChI is InChI=1S/C16H13N3O2S2/c1-22-14-4-2-3-12(9-14)19-16(21)15(20)18-11-5-7-13(8-6-11)23-10-17/h2-9H,1H3,(H,18,20)(H,19,21). The highest BCUT2D eigenvalue weighted by atomic mass is 32.2. The van der Waals surface area contributed by atoms with Gasteiger partial charge in [-0.2, -0.15) is 5.26 Å². The van der Waals surface area contributed by atoms with E-state index in [0.717, 1.165) is 21.6 Å². The smallest absolute Gasteiger partial charge is 0.314 e. The Morgan fingerprint density at radius 3 is 2.22 bits per heavy atom. The molecule has 0 unspecified atom stereocenters. The summed E-state index contributed by atoms with van der Waals surface area (Å²) >= 11 is 2.58. The van der Waals surface area contributed by atoms with Gasteiger partial charge in [-0.1, -0.05) is 6.07 Å². The molecule has 0 aliphatic heterocycles. The van der Waals surface area contributed by atoms with Crippen LogP contribution in [0.15, 0.2) is 58.3 Å². The summed E-state index contributed by atoms with van der Waals surface area (Å²) in [7, 11) is 0. The van der Waals surface area contributed by atoms with Crippen LogP contribution in [-0.4, -0.2) is 18.1 Å². The molecule has 0 radical (unpaired) electrons. The Kier molecular flexibility index (Phi) is 6.09. The number of nitrogens with zero attached hydrogens (tertiary/aromatic N) is 1. The summed E-state index contributed by atoms with van der Waals surface area (Å²) in [4.78, 5) is 25.6. The molecule has 0 aliphatic carbocycles. The molecule has 0 saturated heterocycles. The molecule has 0 fully saturated rings. The first-order valence-corrected chi connectivity index (χ1v) is 8.59. The lowest BCUT2D eigenvalue weighted by Gasteiger charge is -2.07. The number of nitriles is 1. The number of amides is 2. The molecular weight excluding hydrogens is 330 g/mol. The topological polar surface area (TPSA) is 82.0 Å². The molecule has 0 aromatic heterocycles. The van der Waals surface area contributed by atoms with E-state index in [9.17, 15) is 9.59 Å². The van der Waals surface area contributed by atoms with E-state index >= 15 is 0 Å². The molecule has 0 spiro atoms. The number of carbonyl (C=O) groups excluding carboxylic acids is 2. The number of hydrogen-bond acceptors (Lipinski definition) is 5. The lowest BCUT2D eigenvalue weighted by Crippen LogP contribution is -2.29. The highest BCUT2D eigenvalue weighted by molar-refractivity contribution is 8.03. The quantitative estimate of drug-likeness (QED) is 0.504. The van der Waals surface area contributed by atoms with E-state index in [-0.39, 0.29) is 0 Å². The fourth-order valence-corrected chi connectivity index (χ4v) is 2.57. The number of thioether (sulfide) groups is 2. The third-order valence-electron chi connectivity index (χ3n) is 2.81. The van der Waals surface area contributed by atoms with Gasteiger partial charge in [0.05, 0.1) is 0 Å². The van der Waals surface area contributed by atoms with E-state index in [0.29, 0.717) is 11.4 Å². The average Bonchev–Trinajstić information content (AvgIpc) is 2.57. The van der Waals surface area contributed by atoms with Crippen LogP contribution in [0.1, 0.15) is 0 Å². The molecular formula is C16H13N3O2S2. The molecule has 2 N–H and O–H groups in total. The van der Waals surface area contributed by atoms with Crippen molar-refractivity contribution in [1.29, 1.82) is 5.26 Å². The predicted octanol–water partition coefficient (Wildman–Crippen LogP) is 3.56. The molecule has 7 heteroatoms. The van der Waals surface area contributed by atoms with E-state index in [1.54, 1.807) is 48.2 Å². The fourth-order valence-electron chi connectivity index (χ4n) is 1.74. The van der Waals surface area contributed by atoms with E-state index in [4.69, 9.17) is 5.26 Å². The average molecular weight is 343 g/mol. The lowest BCUT2D eigenvalue weighted by atomic mass is 10.3. The van der Waals surface area contributed by atoms with Gasteiger partial charge in [-0.05, 0) is 60.5 Å². The van der Waals surface area contributed by atoms with Crippen LogP contribution >= 0.6 is 23.5 Å². The van der Waals surface area contributed by atoms with Gasteiger partial charge in [-0.15, -0.1) is 11.8 Å². The first-order chi connectivity index (χ1) is 11.1. The zero-order valence-corrected chi connectivity index (χ0v) is 13.8. The van der Waals surface area contributed by atoms with Crippen molar-refractivity contribution in [2.75, 3.05) is 16.9 Å². The molecule has 0 aliphatic rings. The maximum absolute atomic E-state index is 11.9. The van der Waals surface area contributed by atoms with E-state index in [1.807, 2.05) is 23.8 Å². The second kappa shape index (κ2) is 8.27. The van der Waals surface area contributed by atoms with Crippen LogP contribution in [0, 0.1) is 10.7 Å². The SMILES string of the molecule is CSc1cccc(NC(=O)C(=O)Nc2ccc(SC#N)cc2)c1. The van der Waals surface area contributed by atoms with Gasteiger partial charge in [0.2, 0.25) is 0 Å².